The molecule has 1 atom stereocenters. The first-order valence-electron chi connectivity index (χ1n) is 5.63. The maximum Gasteiger partial charge on any atom is 0.107 e. The van der Waals surface area contributed by atoms with E-state index in [1.807, 2.05) is 0 Å². The number of hydrogen-bond acceptors (Lipinski definition) is 2. The van der Waals surface area contributed by atoms with Gasteiger partial charge < -0.3 is 10.6 Å². The molecule has 0 radical (unpaired) electrons. The van der Waals surface area contributed by atoms with Gasteiger partial charge in [-0.05, 0) is 38.3 Å². The number of nitrogens with two attached hydrogens (primary N) is 1. The zero-order valence-corrected chi connectivity index (χ0v) is 9.43. The number of alkyl halides is 1. The zero-order valence-electron chi connectivity index (χ0n) is 9.43. The van der Waals surface area contributed by atoms with Crippen LogP contribution in [-0.2, 0) is 0 Å². The summed E-state index contributed by atoms with van der Waals surface area (Å²) in [6, 6.07) is 0. The molecule has 1 aliphatic rings. The van der Waals surface area contributed by atoms with E-state index in [0.717, 1.165) is 38.9 Å². The molecule has 0 aromatic carbocycles. The van der Waals surface area contributed by atoms with E-state index in [1.54, 1.807) is 0 Å². The lowest BCUT2D eigenvalue weighted by molar-refractivity contribution is 0.235. The van der Waals surface area contributed by atoms with Gasteiger partial charge in [0.15, 0.2) is 0 Å². The van der Waals surface area contributed by atoms with Crippen molar-refractivity contribution in [3.8, 4) is 0 Å². The molecular weight excluding hydrogens is 179 g/mol. The van der Waals surface area contributed by atoms with Crippen molar-refractivity contribution < 1.29 is 4.39 Å². The van der Waals surface area contributed by atoms with Crippen LogP contribution in [0.1, 0.15) is 33.1 Å². The van der Waals surface area contributed by atoms with E-state index in [2.05, 4.69) is 18.7 Å². The minimum absolute atomic E-state index is 0.373. The summed E-state index contributed by atoms with van der Waals surface area (Å²) in [5.41, 5.74) is 5.41. The highest BCUT2D eigenvalue weighted by atomic mass is 19.1. The number of likely N-dealkylation sites (tertiary alicyclic amines) is 1. The van der Waals surface area contributed by atoms with Gasteiger partial charge in [-0.2, -0.15) is 0 Å². The van der Waals surface area contributed by atoms with Gasteiger partial charge >= 0.3 is 0 Å². The van der Waals surface area contributed by atoms with Gasteiger partial charge in [-0.15, -0.1) is 0 Å². The molecule has 84 valence electrons. The van der Waals surface area contributed by atoms with Gasteiger partial charge in [0.25, 0.3) is 0 Å². The third-order valence-corrected chi connectivity index (χ3v) is 2.96. The number of nitrogens with zero attached hydrogens (tertiary/aromatic N) is 1. The number of hydrogen-bond donors (Lipinski definition) is 1. The zero-order chi connectivity index (χ0) is 10.6. The van der Waals surface area contributed by atoms with Crippen molar-refractivity contribution in [2.45, 2.75) is 38.6 Å². The normalized spacial score (nSPS) is 30.6. The molecule has 1 fully saturated rings. The topological polar surface area (TPSA) is 29.3 Å². The first-order chi connectivity index (χ1) is 6.56. The summed E-state index contributed by atoms with van der Waals surface area (Å²) in [6.45, 7) is 7.21. The lowest BCUT2D eigenvalue weighted by Gasteiger charge is -2.25. The average Bonchev–Trinajstić information content (AvgIpc) is 2.29. The monoisotopic (exact) mass is 202 g/mol. The Morgan fingerprint density at radius 3 is 2.64 bits per heavy atom. The Labute approximate surface area is 86.6 Å². The molecule has 3 heteroatoms. The number of rotatable bonds is 3. The van der Waals surface area contributed by atoms with E-state index in [0.29, 0.717) is 5.92 Å². The van der Waals surface area contributed by atoms with Gasteiger partial charge in [-0.25, -0.2) is 4.39 Å². The van der Waals surface area contributed by atoms with E-state index >= 15 is 0 Å². The summed E-state index contributed by atoms with van der Waals surface area (Å²) in [5, 5.41) is 0. The summed E-state index contributed by atoms with van der Waals surface area (Å²) in [5.74, 6) is 0.686. The Morgan fingerprint density at radius 1 is 1.36 bits per heavy atom. The van der Waals surface area contributed by atoms with E-state index in [1.165, 1.54) is 0 Å². The second kappa shape index (κ2) is 5.08. The lowest BCUT2D eigenvalue weighted by Crippen LogP contribution is -2.43. The summed E-state index contributed by atoms with van der Waals surface area (Å²) in [6.07, 6.45) is 2.67. The van der Waals surface area contributed by atoms with E-state index in [-0.39, 0.29) is 6.67 Å². The summed E-state index contributed by atoms with van der Waals surface area (Å²) < 4.78 is 12.7. The molecule has 0 amide bonds. The fourth-order valence-corrected chi connectivity index (χ4v) is 2.10. The highest BCUT2D eigenvalue weighted by Crippen LogP contribution is 2.20. The molecule has 0 aliphatic carbocycles. The standard InChI is InChI=1S/C11H23FN2/c1-10(2)8-14-6-3-4-11(13,9-12)5-7-14/h10H,3-9,13H2,1-2H3. The van der Waals surface area contributed by atoms with Gasteiger partial charge in [0.1, 0.15) is 6.67 Å². The van der Waals surface area contributed by atoms with Crippen molar-refractivity contribution in [2.24, 2.45) is 11.7 Å². The van der Waals surface area contributed by atoms with Gasteiger partial charge in [-0.1, -0.05) is 13.8 Å². The minimum Gasteiger partial charge on any atom is -0.323 e. The first kappa shape index (κ1) is 11.9. The Kier molecular flexibility index (Phi) is 4.32. The molecule has 0 aromatic rings. The molecule has 14 heavy (non-hydrogen) atoms. The summed E-state index contributed by atoms with van der Waals surface area (Å²) in [4.78, 5) is 2.41. The second-order valence-corrected chi connectivity index (χ2v) is 5.04. The quantitative estimate of drug-likeness (QED) is 0.756. The Bertz CT molecular complexity index is 173. The van der Waals surface area contributed by atoms with Crippen LogP contribution in [0.2, 0.25) is 0 Å². The number of halogens is 1. The Hall–Kier alpha value is -0.150. The molecule has 0 aromatic heterocycles. The first-order valence-corrected chi connectivity index (χ1v) is 5.63. The fourth-order valence-electron chi connectivity index (χ4n) is 2.10. The van der Waals surface area contributed by atoms with Crippen LogP contribution in [-0.4, -0.2) is 36.7 Å². The molecule has 1 unspecified atom stereocenters. The van der Waals surface area contributed by atoms with Crippen molar-refractivity contribution in [1.82, 2.24) is 4.90 Å². The smallest absolute Gasteiger partial charge is 0.107 e. The van der Waals surface area contributed by atoms with Gasteiger partial charge in [0, 0.05) is 12.1 Å². The molecule has 1 saturated heterocycles. The SMILES string of the molecule is CC(C)CN1CCCC(N)(CF)CC1. The Morgan fingerprint density at radius 2 is 2.07 bits per heavy atom. The van der Waals surface area contributed by atoms with Crippen LogP contribution in [0.15, 0.2) is 0 Å². The predicted molar refractivity (Wildman–Crippen MR) is 58.0 cm³/mol. The molecule has 0 spiro atoms. The van der Waals surface area contributed by atoms with Crippen molar-refractivity contribution >= 4 is 0 Å². The van der Waals surface area contributed by atoms with Crippen LogP contribution in [0.25, 0.3) is 0 Å². The van der Waals surface area contributed by atoms with Crippen LogP contribution in [0.3, 0.4) is 0 Å². The molecule has 2 N–H and O–H groups in total. The molecule has 1 heterocycles. The van der Waals surface area contributed by atoms with Crippen LogP contribution in [0.5, 0.6) is 0 Å². The van der Waals surface area contributed by atoms with Crippen molar-refractivity contribution in [3.05, 3.63) is 0 Å². The average molecular weight is 202 g/mol. The molecule has 1 rings (SSSR count). The summed E-state index contributed by atoms with van der Waals surface area (Å²) >= 11 is 0. The highest BCUT2D eigenvalue weighted by Gasteiger charge is 2.28. The van der Waals surface area contributed by atoms with Crippen LogP contribution in [0, 0.1) is 5.92 Å². The van der Waals surface area contributed by atoms with Crippen molar-refractivity contribution in [3.63, 3.8) is 0 Å². The van der Waals surface area contributed by atoms with Crippen molar-refractivity contribution in [2.75, 3.05) is 26.3 Å². The maximum absolute atomic E-state index is 12.7. The minimum atomic E-state index is -0.536. The van der Waals surface area contributed by atoms with E-state index in [9.17, 15) is 4.39 Å². The Balaban J connectivity index is 2.40. The molecule has 0 saturated carbocycles. The second-order valence-electron chi connectivity index (χ2n) is 5.04. The van der Waals surface area contributed by atoms with Crippen LogP contribution >= 0.6 is 0 Å². The largest absolute Gasteiger partial charge is 0.323 e. The third-order valence-electron chi connectivity index (χ3n) is 2.96. The van der Waals surface area contributed by atoms with E-state index in [4.69, 9.17) is 5.73 Å². The molecular formula is C11H23FN2. The predicted octanol–water partition coefficient (Wildman–Crippen LogP) is 1.80. The van der Waals surface area contributed by atoms with Gasteiger partial charge in [0.05, 0.1) is 0 Å². The molecule has 1 aliphatic heterocycles. The highest BCUT2D eigenvalue weighted by molar-refractivity contribution is 4.87. The maximum atomic E-state index is 12.7. The van der Waals surface area contributed by atoms with Gasteiger partial charge in [0.2, 0.25) is 0 Å². The molecule has 2 nitrogen and oxygen atoms in total. The third kappa shape index (κ3) is 3.54. The van der Waals surface area contributed by atoms with E-state index < -0.39 is 5.54 Å². The lowest BCUT2D eigenvalue weighted by atomic mass is 9.94. The molecule has 0 bridgehead atoms. The van der Waals surface area contributed by atoms with Crippen LogP contribution in [0.4, 0.5) is 4.39 Å². The fraction of sp³-hybridized carbons (Fsp3) is 1.00. The van der Waals surface area contributed by atoms with Crippen molar-refractivity contribution in [1.29, 1.82) is 0 Å². The summed E-state index contributed by atoms with van der Waals surface area (Å²) in [7, 11) is 0. The van der Waals surface area contributed by atoms with Crippen LogP contribution < -0.4 is 5.73 Å². The van der Waals surface area contributed by atoms with Gasteiger partial charge in [-0.3, -0.25) is 0 Å².